The fourth-order valence-corrected chi connectivity index (χ4v) is 2.37. The second-order valence-electron chi connectivity index (χ2n) is 5.80. The number of aromatic nitrogens is 1. The molecule has 0 spiro atoms. The van der Waals surface area contributed by atoms with Crippen molar-refractivity contribution in [1.29, 1.82) is 5.26 Å². The minimum Gasteiger partial charge on any atom is -0.481 e. The van der Waals surface area contributed by atoms with Gasteiger partial charge in [-0.3, -0.25) is 20.1 Å². The molecule has 0 bridgehead atoms. The van der Waals surface area contributed by atoms with Gasteiger partial charge < -0.3 is 10.4 Å². The highest BCUT2D eigenvalue weighted by atomic mass is 16.4. The zero-order valence-corrected chi connectivity index (χ0v) is 14.6. The van der Waals surface area contributed by atoms with Crippen molar-refractivity contribution in [2.75, 3.05) is 11.9 Å². The molecule has 3 N–H and O–H groups in total. The maximum atomic E-state index is 10.4. The number of guanidine groups is 1. The average molecular weight is 345 g/mol. The summed E-state index contributed by atoms with van der Waals surface area (Å²) in [5, 5.41) is 22.9. The van der Waals surface area contributed by atoms with Crippen LogP contribution in [0.3, 0.4) is 0 Å². The van der Waals surface area contributed by atoms with E-state index in [0.29, 0.717) is 12.5 Å². The number of hydrogen-bond donors (Lipinski definition) is 3. The summed E-state index contributed by atoms with van der Waals surface area (Å²) in [6, 6.07) is 3.62. The molecule has 1 heterocycles. The van der Waals surface area contributed by atoms with Crippen LogP contribution in [-0.2, 0) is 4.79 Å². The first-order valence-corrected chi connectivity index (χ1v) is 8.81. The summed E-state index contributed by atoms with van der Waals surface area (Å²) in [4.78, 5) is 18.7. The molecule has 1 aromatic rings. The topological polar surface area (TPSA) is 110 Å². The molecule has 1 aromatic heterocycles. The van der Waals surface area contributed by atoms with E-state index in [2.05, 4.69) is 20.6 Å². The van der Waals surface area contributed by atoms with E-state index >= 15 is 0 Å². The quantitative estimate of drug-likeness (QED) is 0.176. The number of aliphatic carboxylic acids is 1. The summed E-state index contributed by atoms with van der Waals surface area (Å²) in [5.74, 6) is -0.253. The minimum atomic E-state index is -0.704. The Morgan fingerprint density at radius 3 is 2.28 bits per heavy atom. The first-order valence-electron chi connectivity index (χ1n) is 8.81. The molecule has 1 rings (SSSR count). The van der Waals surface area contributed by atoms with E-state index in [1.165, 1.54) is 6.42 Å². The lowest BCUT2D eigenvalue weighted by Gasteiger charge is -2.07. The number of unbranched alkanes of at least 4 members (excludes halogenated alkanes) is 7. The van der Waals surface area contributed by atoms with Gasteiger partial charge in [0.15, 0.2) is 6.19 Å². The Morgan fingerprint density at radius 1 is 1.08 bits per heavy atom. The number of nitriles is 1. The fraction of sp³-hybridized carbons (Fsp3) is 0.556. The molecule has 0 unspecified atom stereocenters. The average Bonchev–Trinajstić information content (AvgIpc) is 2.60. The lowest BCUT2D eigenvalue weighted by molar-refractivity contribution is -0.137. The number of carbonyl (C=O) groups is 1. The predicted molar refractivity (Wildman–Crippen MR) is 98.1 cm³/mol. The lowest BCUT2D eigenvalue weighted by atomic mass is 10.1. The molecule has 136 valence electrons. The molecular formula is C18H27N5O2. The summed E-state index contributed by atoms with van der Waals surface area (Å²) >= 11 is 0. The van der Waals surface area contributed by atoms with Gasteiger partial charge in [0, 0.05) is 31.0 Å². The number of aliphatic imine (C=N–C) groups is 1. The molecule has 0 fully saturated rings. The van der Waals surface area contributed by atoms with Crippen LogP contribution < -0.4 is 10.6 Å². The van der Waals surface area contributed by atoms with E-state index in [4.69, 9.17) is 10.4 Å². The molecule has 0 amide bonds. The van der Waals surface area contributed by atoms with Crippen LogP contribution in [0.5, 0.6) is 0 Å². The Morgan fingerprint density at radius 2 is 1.68 bits per heavy atom. The largest absolute Gasteiger partial charge is 0.481 e. The summed E-state index contributed by atoms with van der Waals surface area (Å²) in [7, 11) is 0. The van der Waals surface area contributed by atoms with Gasteiger partial charge in [-0.05, 0) is 25.0 Å². The van der Waals surface area contributed by atoms with Crippen molar-refractivity contribution < 1.29 is 9.90 Å². The molecule has 7 heteroatoms. The summed E-state index contributed by atoms with van der Waals surface area (Å²) in [5.41, 5.74) is 0.833. The zero-order chi connectivity index (χ0) is 18.2. The number of carboxylic acid groups (broad SMARTS) is 1. The first kappa shape index (κ1) is 20.4. The highest BCUT2D eigenvalue weighted by Crippen LogP contribution is 2.10. The van der Waals surface area contributed by atoms with Crippen molar-refractivity contribution in [3.05, 3.63) is 24.5 Å². The number of nitrogens with one attached hydrogen (secondary N) is 2. The summed E-state index contributed by atoms with van der Waals surface area (Å²) in [6.07, 6.45) is 14.0. The number of hydrogen-bond acceptors (Lipinski definition) is 4. The van der Waals surface area contributed by atoms with Gasteiger partial charge in [0.05, 0.1) is 0 Å². The van der Waals surface area contributed by atoms with Crippen LogP contribution in [0.15, 0.2) is 29.5 Å². The monoisotopic (exact) mass is 345 g/mol. The second-order valence-corrected chi connectivity index (χ2v) is 5.80. The first-order chi connectivity index (χ1) is 12.2. The maximum absolute atomic E-state index is 10.4. The maximum Gasteiger partial charge on any atom is 0.303 e. The molecule has 7 nitrogen and oxygen atoms in total. The number of rotatable bonds is 12. The molecule has 0 saturated heterocycles. The van der Waals surface area contributed by atoms with Crippen LogP contribution in [0.25, 0.3) is 0 Å². The third-order valence-electron chi connectivity index (χ3n) is 3.69. The second kappa shape index (κ2) is 13.8. The van der Waals surface area contributed by atoms with Gasteiger partial charge in [0.2, 0.25) is 5.96 Å². The molecule has 0 aliphatic carbocycles. The van der Waals surface area contributed by atoms with E-state index in [9.17, 15) is 4.79 Å². The highest BCUT2D eigenvalue weighted by molar-refractivity contribution is 5.94. The molecule has 0 aliphatic rings. The van der Waals surface area contributed by atoms with Crippen molar-refractivity contribution >= 4 is 17.6 Å². The van der Waals surface area contributed by atoms with Crippen molar-refractivity contribution in [1.82, 2.24) is 10.3 Å². The Hall–Kier alpha value is -2.62. The molecule has 25 heavy (non-hydrogen) atoms. The van der Waals surface area contributed by atoms with Gasteiger partial charge in [0.25, 0.3) is 0 Å². The molecule has 0 aromatic carbocycles. The van der Waals surface area contributed by atoms with Crippen molar-refractivity contribution in [2.24, 2.45) is 4.99 Å². The van der Waals surface area contributed by atoms with E-state index in [0.717, 1.165) is 50.6 Å². The number of nitrogens with zero attached hydrogens (tertiary/aromatic N) is 3. The molecule has 0 aliphatic heterocycles. The van der Waals surface area contributed by atoms with E-state index in [1.54, 1.807) is 12.4 Å². The molecule has 0 atom stereocenters. The van der Waals surface area contributed by atoms with Crippen LogP contribution in [0.1, 0.15) is 57.8 Å². The van der Waals surface area contributed by atoms with Crippen LogP contribution in [0.4, 0.5) is 5.69 Å². The van der Waals surface area contributed by atoms with E-state index in [-0.39, 0.29) is 6.42 Å². The van der Waals surface area contributed by atoms with E-state index in [1.807, 2.05) is 18.3 Å². The Kier molecular flexibility index (Phi) is 11.3. The number of pyridine rings is 1. The summed E-state index contributed by atoms with van der Waals surface area (Å²) in [6.45, 7) is 0.667. The van der Waals surface area contributed by atoms with Gasteiger partial charge in [-0.15, -0.1) is 0 Å². The Bertz CT molecular complexity index is 554. The minimum absolute atomic E-state index is 0.282. The molecule has 0 saturated carbocycles. The Labute approximate surface area is 149 Å². The van der Waals surface area contributed by atoms with Crippen LogP contribution in [0, 0.1) is 11.5 Å². The molecular weight excluding hydrogens is 318 g/mol. The van der Waals surface area contributed by atoms with Gasteiger partial charge in [0.1, 0.15) is 0 Å². The van der Waals surface area contributed by atoms with Gasteiger partial charge in [-0.2, -0.15) is 5.26 Å². The smallest absolute Gasteiger partial charge is 0.303 e. The lowest BCUT2D eigenvalue weighted by Crippen LogP contribution is -2.27. The van der Waals surface area contributed by atoms with Crippen molar-refractivity contribution in [3.8, 4) is 6.19 Å². The Balaban J connectivity index is 2.08. The van der Waals surface area contributed by atoms with Crippen LogP contribution in [-0.4, -0.2) is 28.6 Å². The number of anilines is 1. The number of carboxylic acids is 1. The third kappa shape index (κ3) is 11.5. The van der Waals surface area contributed by atoms with Crippen molar-refractivity contribution in [2.45, 2.75) is 57.8 Å². The highest BCUT2D eigenvalue weighted by Gasteiger charge is 1.99. The normalized spacial score (nSPS) is 10.9. The van der Waals surface area contributed by atoms with Gasteiger partial charge in [-0.1, -0.05) is 38.5 Å². The van der Waals surface area contributed by atoms with Gasteiger partial charge in [-0.25, -0.2) is 0 Å². The van der Waals surface area contributed by atoms with Crippen LogP contribution in [0.2, 0.25) is 0 Å². The zero-order valence-electron chi connectivity index (χ0n) is 14.6. The summed E-state index contributed by atoms with van der Waals surface area (Å²) < 4.78 is 0. The van der Waals surface area contributed by atoms with E-state index < -0.39 is 5.97 Å². The SMILES string of the molecule is N#CNC(=NCCCCCCCCCCC(=O)O)Nc1ccncc1. The predicted octanol–water partition coefficient (Wildman–Crippen LogP) is 3.52. The van der Waals surface area contributed by atoms with Crippen molar-refractivity contribution in [3.63, 3.8) is 0 Å². The molecule has 0 radical (unpaired) electrons. The fourth-order valence-electron chi connectivity index (χ4n) is 2.37. The third-order valence-corrected chi connectivity index (χ3v) is 3.69. The van der Waals surface area contributed by atoms with Crippen LogP contribution >= 0.6 is 0 Å². The van der Waals surface area contributed by atoms with Gasteiger partial charge >= 0.3 is 5.97 Å². The standard InChI is InChI=1S/C18H27N5O2/c19-15-22-18(23-16-10-13-20-14-11-16)21-12-8-6-4-2-1-3-5-7-9-17(24)25/h10-11,13-14H,1-9,12H2,(H,24,25)(H2,20,21,22,23).